The van der Waals surface area contributed by atoms with Gasteiger partial charge >= 0.3 is 0 Å². The zero-order chi connectivity index (χ0) is 13.8. The number of ether oxygens (including phenoxy) is 1. The van der Waals surface area contributed by atoms with Crippen LogP contribution in [-0.2, 0) is 11.3 Å². The van der Waals surface area contributed by atoms with E-state index in [1.54, 1.807) is 6.20 Å². The molecule has 0 aromatic carbocycles. The van der Waals surface area contributed by atoms with E-state index in [9.17, 15) is 0 Å². The van der Waals surface area contributed by atoms with Crippen molar-refractivity contribution in [3.05, 3.63) is 16.9 Å². The molecular formula is C13H23ClN4O. The number of nitrogens with zero attached hydrogens (tertiary/aromatic N) is 3. The second-order valence-electron chi connectivity index (χ2n) is 5.29. The lowest BCUT2D eigenvalue weighted by molar-refractivity contribution is 0.176. The average molecular weight is 287 g/mol. The normalized spacial score (nSPS) is 21.2. The van der Waals surface area contributed by atoms with Crippen molar-refractivity contribution in [3.63, 3.8) is 0 Å². The van der Waals surface area contributed by atoms with Gasteiger partial charge in [0.25, 0.3) is 0 Å². The highest BCUT2D eigenvalue weighted by atomic mass is 35.5. The summed E-state index contributed by atoms with van der Waals surface area (Å²) in [6.45, 7) is 3.43. The average Bonchev–Trinajstić information content (AvgIpc) is 3.00. The Labute approximate surface area is 119 Å². The molecule has 2 rings (SSSR count). The van der Waals surface area contributed by atoms with Crippen molar-refractivity contribution in [2.45, 2.75) is 19.0 Å². The molecule has 0 bridgehead atoms. The molecule has 5 nitrogen and oxygen atoms in total. The van der Waals surface area contributed by atoms with E-state index in [4.69, 9.17) is 16.3 Å². The number of nitrogens with one attached hydrogen (secondary N) is 1. The van der Waals surface area contributed by atoms with Crippen molar-refractivity contribution in [1.29, 1.82) is 0 Å². The van der Waals surface area contributed by atoms with Gasteiger partial charge in [-0.1, -0.05) is 11.6 Å². The van der Waals surface area contributed by atoms with Gasteiger partial charge in [0.15, 0.2) is 0 Å². The van der Waals surface area contributed by atoms with Gasteiger partial charge in [-0.2, -0.15) is 5.10 Å². The van der Waals surface area contributed by atoms with Crippen molar-refractivity contribution in [1.82, 2.24) is 20.0 Å². The Balaban J connectivity index is 2.18. The summed E-state index contributed by atoms with van der Waals surface area (Å²) >= 11 is 6.33. The first kappa shape index (κ1) is 14.8. The van der Waals surface area contributed by atoms with Crippen LogP contribution in [-0.4, -0.2) is 55.6 Å². The maximum atomic E-state index is 6.33. The van der Waals surface area contributed by atoms with E-state index in [1.807, 2.05) is 11.7 Å². The predicted octanol–water partition coefficient (Wildman–Crippen LogP) is 1.40. The molecular weight excluding hydrogens is 264 g/mol. The monoisotopic (exact) mass is 286 g/mol. The number of aromatic nitrogens is 2. The van der Waals surface area contributed by atoms with Gasteiger partial charge in [0.2, 0.25) is 0 Å². The summed E-state index contributed by atoms with van der Waals surface area (Å²) in [7, 11) is 6.10. The van der Waals surface area contributed by atoms with Gasteiger partial charge in [0, 0.05) is 19.1 Å². The van der Waals surface area contributed by atoms with Gasteiger partial charge in [0.1, 0.15) is 0 Å². The molecule has 0 spiro atoms. The molecule has 108 valence electrons. The van der Waals surface area contributed by atoms with Crippen LogP contribution in [0.3, 0.4) is 0 Å². The summed E-state index contributed by atoms with van der Waals surface area (Å²) < 4.78 is 7.51. The molecule has 6 heteroatoms. The Morgan fingerprint density at radius 1 is 1.63 bits per heavy atom. The fourth-order valence-corrected chi connectivity index (χ4v) is 2.82. The summed E-state index contributed by atoms with van der Waals surface area (Å²) in [6, 6.07) is 0.208. The second-order valence-corrected chi connectivity index (χ2v) is 5.70. The standard InChI is InChI=1S/C13H23ClN4O/c1-15-12(10-4-7-19-9-10)13-11(14)8-16-18(13)6-5-17(2)3/h8,10,12,15H,4-7,9H2,1-3H3. The number of halogens is 1. The second kappa shape index (κ2) is 6.70. The van der Waals surface area contributed by atoms with E-state index in [-0.39, 0.29) is 6.04 Å². The van der Waals surface area contributed by atoms with Crippen LogP contribution < -0.4 is 5.32 Å². The van der Waals surface area contributed by atoms with Crippen molar-refractivity contribution >= 4 is 11.6 Å². The predicted molar refractivity (Wildman–Crippen MR) is 76.5 cm³/mol. The number of rotatable bonds is 6. The quantitative estimate of drug-likeness (QED) is 0.858. The number of hydrogen-bond acceptors (Lipinski definition) is 4. The molecule has 19 heavy (non-hydrogen) atoms. The molecule has 1 aliphatic rings. The van der Waals surface area contributed by atoms with Crippen LogP contribution in [0.4, 0.5) is 0 Å². The van der Waals surface area contributed by atoms with E-state index in [0.717, 1.165) is 43.4 Å². The minimum atomic E-state index is 0.208. The molecule has 1 aliphatic heterocycles. The minimum absolute atomic E-state index is 0.208. The zero-order valence-corrected chi connectivity index (χ0v) is 12.7. The van der Waals surface area contributed by atoms with Crippen LogP contribution in [0.25, 0.3) is 0 Å². The first-order valence-corrected chi connectivity index (χ1v) is 7.12. The molecule has 0 aliphatic carbocycles. The molecule has 1 aromatic heterocycles. The molecule has 2 unspecified atom stereocenters. The maximum absolute atomic E-state index is 6.33. The molecule has 1 fully saturated rings. The van der Waals surface area contributed by atoms with Crippen LogP contribution in [0.1, 0.15) is 18.2 Å². The Morgan fingerprint density at radius 3 is 3.00 bits per heavy atom. The van der Waals surface area contributed by atoms with Gasteiger partial charge in [-0.05, 0) is 27.6 Å². The van der Waals surface area contributed by atoms with E-state index >= 15 is 0 Å². The highest BCUT2D eigenvalue weighted by Gasteiger charge is 2.30. The first-order chi connectivity index (χ1) is 9.13. The summed E-state index contributed by atoms with van der Waals surface area (Å²) in [5.41, 5.74) is 1.08. The lowest BCUT2D eigenvalue weighted by Gasteiger charge is -2.24. The third-order valence-corrected chi connectivity index (χ3v) is 3.93. The van der Waals surface area contributed by atoms with Crippen molar-refractivity contribution in [3.8, 4) is 0 Å². The van der Waals surface area contributed by atoms with E-state index < -0.39 is 0 Å². The summed E-state index contributed by atoms with van der Waals surface area (Å²) in [5.74, 6) is 0.470. The van der Waals surface area contributed by atoms with Crippen LogP contribution in [0.5, 0.6) is 0 Å². The Kier molecular flexibility index (Phi) is 5.21. The van der Waals surface area contributed by atoms with Crippen LogP contribution in [0.15, 0.2) is 6.20 Å². The fraction of sp³-hybridized carbons (Fsp3) is 0.769. The lowest BCUT2D eigenvalue weighted by Crippen LogP contribution is -2.30. The summed E-state index contributed by atoms with van der Waals surface area (Å²) in [4.78, 5) is 2.15. The topological polar surface area (TPSA) is 42.3 Å². The highest BCUT2D eigenvalue weighted by Crippen LogP contribution is 2.32. The number of likely N-dealkylation sites (N-methyl/N-ethyl adjacent to an activating group) is 1. The molecule has 0 saturated carbocycles. The van der Waals surface area contributed by atoms with Gasteiger partial charge in [0.05, 0.1) is 36.1 Å². The third kappa shape index (κ3) is 3.48. The third-order valence-electron chi connectivity index (χ3n) is 3.63. The molecule has 0 amide bonds. The van der Waals surface area contributed by atoms with E-state index in [1.165, 1.54) is 0 Å². The van der Waals surface area contributed by atoms with E-state index in [0.29, 0.717) is 5.92 Å². The highest BCUT2D eigenvalue weighted by molar-refractivity contribution is 6.31. The molecule has 1 saturated heterocycles. The molecule has 0 radical (unpaired) electrons. The SMILES string of the molecule is CNC(c1c(Cl)cnn1CCN(C)C)C1CCOC1. The lowest BCUT2D eigenvalue weighted by atomic mass is 9.96. The van der Waals surface area contributed by atoms with Gasteiger partial charge in [-0.25, -0.2) is 0 Å². The summed E-state index contributed by atoms with van der Waals surface area (Å²) in [5, 5.41) is 8.52. The van der Waals surface area contributed by atoms with Crippen LogP contribution in [0.2, 0.25) is 5.02 Å². The molecule has 2 atom stereocenters. The van der Waals surface area contributed by atoms with Crippen molar-refractivity contribution < 1.29 is 4.74 Å². The van der Waals surface area contributed by atoms with Crippen LogP contribution in [0, 0.1) is 5.92 Å². The van der Waals surface area contributed by atoms with Crippen molar-refractivity contribution in [2.75, 3.05) is 40.9 Å². The maximum Gasteiger partial charge on any atom is 0.0834 e. The molecule has 2 heterocycles. The summed E-state index contributed by atoms with van der Waals surface area (Å²) in [6.07, 6.45) is 2.81. The molecule has 1 aromatic rings. The van der Waals surface area contributed by atoms with Crippen LogP contribution >= 0.6 is 11.6 Å². The smallest absolute Gasteiger partial charge is 0.0834 e. The van der Waals surface area contributed by atoms with E-state index in [2.05, 4.69) is 29.4 Å². The Bertz CT molecular complexity index is 401. The number of hydrogen-bond donors (Lipinski definition) is 1. The van der Waals surface area contributed by atoms with Gasteiger partial charge in [-0.15, -0.1) is 0 Å². The largest absolute Gasteiger partial charge is 0.381 e. The van der Waals surface area contributed by atoms with Gasteiger partial charge in [-0.3, -0.25) is 4.68 Å². The molecule has 1 N–H and O–H groups in total. The minimum Gasteiger partial charge on any atom is -0.381 e. The Morgan fingerprint density at radius 2 is 2.42 bits per heavy atom. The first-order valence-electron chi connectivity index (χ1n) is 6.74. The fourth-order valence-electron chi connectivity index (χ4n) is 2.57. The zero-order valence-electron chi connectivity index (χ0n) is 11.9. The van der Waals surface area contributed by atoms with Crippen molar-refractivity contribution in [2.24, 2.45) is 5.92 Å². The van der Waals surface area contributed by atoms with Gasteiger partial charge < -0.3 is 15.0 Å². The Hall–Kier alpha value is -0.620.